The highest BCUT2D eigenvalue weighted by Crippen LogP contribution is 2.47. The molecule has 2 fully saturated rings. The number of furan rings is 1. The standard InChI is InChI=1S/C20H28N2O5/c1-3-16-17(15(23)12-27-16)22-19(25)14(10-20(4-2)7-5-8-20)21-18(24)13-6-9-26-11-13/h6,9,11,14,16-17H,3-5,7-8,10,12H2,1-2H3,(H,21,24)(H,22,25)/t14-,16?,17+/m0/s1. The fraction of sp³-hybridized carbons (Fsp3) is 0.650. The Hall–Kier alpha value is -2.15. The lowest BCUT2D eigenvalue weighted by Crippen LogP contribution is -2.55. The van der Waals surface area contributed by atoms with Gasteiger partial charge in [0.1, 0.15) is 25.0 Å². The molecular formula is C20H28N2O5. The molecule has 1 aromatic heterocycles. The first-order valence-electron chi connectivity index (χ1n) is 9.76. The summed E-state index contributed by atoms with van der Waals surface area (Å²) < 4.78 is 10.4. The van der Waals surface area contributed by atoms with Crippen LogP contribution in [0.4, 0.5) is 0 Å². The Morgan fingerprint density at radius 1 is 1.33 bits per heavy atom. The van der Waals surface area contributed by atoms with Gasteiger partial charge in [0.15, 0.2) is 5.78 Å². The van der Waals surface area contributed by atoms with Crippen molar-refractivity contribution in [3.63, 3.8) is 0 Å². The molecule has 7 nitrogen and oxygen atoms in total. The van der Waals surface area contributed by atoms with Crippen LogP contribution in [-0.4, -0.2) is 42.4 Å². The number of rotatable bonds is 8. The Balaban J connectivity index is 1.72. The lowest BCUT2D eigenvalue weighted by molar-refractivity contribution is -0.128. The molecule has 1 unspecified atom stereocenters. The maximum absolute atomic E-state index is 13.0. The zero-order valence-electron chi connectivity index (χ0n) is 16.0. The van der Waals surface area contributed by atoms with Crippen molar-refractivity contribution in [1.82, 2.24) is 10.6 Å². The maximum atomic E-state index is 13.0. The largest absolute Gasteiger partial charge is 0.472 e. The summed E-state index contributed by atoms with van der Waals surface area (Å²) in [6.45, 7) is 4.06. The van der Waals surface area contributed by atoms with Crippen molar-refractivity contribution in [2.24, 2.45) is 5.41 Å². The molecule has 1 saturated carbocycles. The number of ether oxygens (including phenoxy) is 1. The van der Waals surface area contributed by atoms with Gasteiger partial charge in [-0.1, -0.05) is 26.7 Å². The number of carbonyl (C=O) groups is 3. The van der Waals surface area contributed by atoms with Gasteiger partial charge in [-0.2, -0.15) is 0 Å². The molecule has 7 heteroatoms. The minimum absolute atomic E-state index is 0.0222. The van der Waals surface area contributed by atoms with Crippen LogP contribution in [0, 0.1) is 5.41 Å². The normalized spacial score (nSPS) is 24.9. The molecule has 2 aliphatic rings. The van der Waals surface area contributed by atoms with Crippen molar-refractivity contribution in [3.8, 4) is 0 Å². The summed E-state index contributed by atoms with van der Waals surface area (Å²) in [5, 5.41) is 5.66. The van der Waals surface area contributed by atoms with Gasteiger partial charge >= 0.3 is 0 Å². The van der Waals surface area contributed by atoms with Gasteiger partial charge in [0, 0.05) is 0 Å². The van der Waals surface area contributed by atoms with Crippen molar-refractivity contribution < 1.29 is 23.5 Å². The number of ketones is 1. The molecule has 27 heavy (non-hydrogen) atoms. The van der Waals surface area contributed by atoms with E-state index in [1.807, 2.05) is 6.92 Å². The first-order chi connectivity index (χ1) is 13.0. The number of hydrogen-bond acceptors (Lipinski definition) is 5. The van der Waals surface area contributed by atoms with Gasteiger partial charge in [0.05, 0.1) is 17.9 Å². The van der Waals surface area contributed by atoms with Crippen LogP contribution < -0.4 is 10.6 Å². The van der Waals surface area contributed by atoms with Crippen molar-refractivity contribution in [3.05, 3.63) is 24.2 Å². The van der Waals surface area contributed by atoms with Gasteiger partial charge in [0.25, 0.3) is 5.91 Å². The Morgan fingerprint density at radius 3 is 2.67 bits per heavy atom. The topological polar surface area (TPSA) is 97.6 Å². The predicted octanol–water partition coefficient (Wildman–Crippen LogP) is 2.21. The van der Waals surface area contributed by atoms with Crippen LogP contribution in [0.25, 0.3) is 0 Å². The number of Topliss-reactive ketones (excluding diaryl/α,β-unsaturated/α-hetero) is 1. The molecule has 2 amide bonds. The monoisotopic (exact) mass is 376 g/mol. The second kappa shape index (κ2) is 8.25. The Kier molecular flexibility index (Phi) is 5.99. The van der Waals surface area contributed by atoms with Gasteiger partial charge in [-0.15, -0.1) is 0 Å². The summed E-state index contributed by atoms with van der Waals surface area (Å²) in [6, 6.07) is 0.221. The summed E-state index contributed by atoms with van der Waals surface area (Å²) in [4.78, 5) is 37.5. The van der Waals surface area contributed by atoms with E-state index in [4.69, 9.17) is 9.15 Å². The first-order valence-corrected chi connectivity index (χ1v) is 9.76. The molecule has 3 rings (SSSR count). The van der Waals surface area contributed by atoms with E-state index in [0.717, 1.165) is 25.7 Å². The highest BCUT2D eigenvalue weighted by atomic mass is 16.5. The quantitative estimate of drug-likeness (QED) is 0.725. The summed E-state index contributed by atoms with van der Waals surface area (Å²) in [6.07, 6.45) is 7.88. The third-order valence-corrected chi connectivity index (χ3v) is 6.06. The van der Waals surface area contributed by atoms with Crippen LogP contribution in [-0.2, 0) is 14.3 Å². The molecule has 1 saturated heterocycles. The Labute approximate surface area is 159 Å². The van der Waals surface area contributed by atoms with Crippen LogP contribution in [0.5, 0.6) is 0 Å². The van der Waals surface area contributed by atoms with E-state index in [1.54, 1.807) is 6.07 Å². The highest BCUT2D eigenvalue weighted by Gasteiger charge is 2.42. The summed E-state index contributed by atoms with van der Waals surface area (Å²) in [5.74, 6) is -0.798. The molecule has 0 radical (unpaired) electrons. The van der Waals surface area contributed by atoms with Crippen LogP contribution in [0.15, 0.2) is 23.0 Å². The second-order valence-corrected chi connectivity index (χ2v) is 7.66. The number of amides is 2. The summed E-state index contributed by atoms with van der Waals surface area (Å²) >= 11 is 0. The van der Waals surface area contributed by atoms with Gasteiger partial charge in [-0.25, -0.2) is 0 Å². The molecule has 1 aliphatic carbocycles. The molecule has 2 N–H and O–H groups in total. The summed E-state index contributed by atoms with van der Waals surface area (Å²) in [5.41, 5.74) is 0.449. The highest BCUT2D eigenvalue weighted by molar-refractivity contribution is 5.98. The lowest BCUT2D eigenvalue weighted by atomic mass is 9.63. The van der Waals surface area contributed by atoms with Gasteiger partial charge in [-0.05, 0) is 37.2 Å². The van der Waals surface area contributed by atoms with Crippen LogP contribution >= 0.6 is 0 Å². The van der Waals surface area contributed by atoms with Gasteiger partial charge < -0.3 is 19.8 Å². The van der Waals surface area contributed by atoms with Crippen LogP contribution in [0.3, 0.4) is 0 Å². The molecular weight excluding hydrogens is 348 g/mol. The van der Waals surface area contributed by atoms with Crippen molar-refractivity contribution in [2.45, 2.75) is 70.6 Å². The van der Waals surface area contributed by atoms with Crippen LogP contribution in [0.1, 0.15) is 62.7 Å². The van der Waals surface area contributed by atoms with Gasteiger partial charge in [-0.3, -0.25) is 14.4 Å². The molecule has 1 aromatic rings. The van der Waals surface area contributed by atoms with E-state index in [9.17, 15) is 14.4 Å². The zero-order chi connectivity index (χ0) is 19.4. The lowest BCUT2D eigenvalue weighted by Gasteiger charge is -2.43. The smallest absolute Gasteiger partial charge is 0.255 e. The van der Waals surface area contributed by atoms with Crippen molar-refractivity contribution in [1.29, 1.82) is 0 Å². The maximum Gasteiger partial charge on any atom is 0.255 e. The molecule has 0 spiro atoms. The molecule has 2 heterocycles. The number of hydrogen-bond donors (Lipinski definition) is 2. The average molecular weight is 376 g/mol. The van der Waals surface area contributed by atoms with E-state index >= 15 is 0 Å². The number of carbonyl (C=O) groups excluding carboxylic acids is 3. The zero-order valence-corrected chi connectivity index (χ0v) is 16.0. The third-order valence-electron chi connectivity index (χ3n) is 6.06. The minimum Gasteiger partial charge on any atom is -0.472 e. The predicted molar refractivity (Wildman–Crippen MR) is 98.1 cm³/mol. The van der Waals surface area contributed by atoms with E-state index in [2.05, 4.69) is 17.6 Å². The Morgan fingerprint density at radius 2 is 2.11 bits per heavy atom. The first kappa shape index (κ1) is 19.6. The fourth-order valence-corrected chi connectivity index (χ4v) is 4.02. The second-order valence-electron chi connectivity index (χ2n) is 7.66. The Bertz CT molecular complexity index is 675. The molecule has 3 atom stereocenters. The van der Waals surface area contributed by atoms with Gasteiger partial charge in [0.2, 0.25) is 5.91 Å². The molecule has 0 bridgehead atoms. The van der Waals surface area contributed by atoms with E-state index < -0.39 is 12.1 Å². The summed E-state index contributed by atoms with van der Waals surface area (Å²) in [7, 11) is 0. The van der Waals surface area contributed by atoms with Crippen molar-refractivity contribution >= 4 is 17.6 Å². The van der Waals surface area contributed by atoms with Crippen LogP contribution in [0.2, 0.25) is 0 Å². The SMILES string of the molecule is CCC1OCC(=O)[C@H]1NC(=O)[C@H](CC1(CC)CCC1)NC(=O)c1ccoc1. The third kappa shape index (κ3) is 4.24. The molecule has 1 aliphatic heterocycles. The molecule has 0 aromatic carbocycles. The number of nitrogens with one attached hydrogen (secondary N) is 2. The average Bonchev–Trinajstić information content (AvgIpc) is 3.28. The minimum atomic E-state index is -0.696. The van der Waals surface area contributed by atoms with E-state index in [1.165, 1.54) is 12.5 Å². The van der Waals surface area contributed by atoms with Crippen molar-refractivity contribution in [2.75, 3.05) is 6.61 Å². The van der Waals surface area contributed by atoms with E-state index in [0.29, 0.717) is 18.4 Å². The van der Waals surface area contributed by atoms with E-state index in [-0.39, 0.29) is 35.7 Å². The molecule has 148 valence electrons. The fourth-order valence-electron chi connectivity index (χ4n) is 4.02.